The van der Waals surface area contributed by atoms with Crippen molar-refractivity contribution in [2.75, 3.05) is 0 Å². The third kappa shape index (κ3) is 3.41. The minimum absolute atomic E-state index is 0.0851. The summed E-state index contributed by atoms with van der Waals surface area (Å²) in [5.41, 5.74) is 1.68. The molecule has 1 aliphatic rings. The first-order chi connectivity index (χ1) is 12.3. The van der Waals surface area contributed by atoms with E-state index in [1.807, 2.05) is 26.0 Å². The molecule has 0 radical (unpaired) electrons. The Morgan fingerprint density at radius 2 is 1.92 bits per heavy atom. The van der Waals surface area contributed by atoms with Gasteiger partial charge in [0.1, 0.15) is 11.9 Å². The molecule has 1 N–H and O–H groups in total. The van der Waals surface area contributed by atoms with E-state index in [0.29, 0.717) is 11.3 Å². The number of carbonyl (C=O) groups excluding carboxylic acids is 1. The van der Waals surface area contributed by atoms with Crippen molar-refractivity contribution in [1.29, 1.82) is 5.26 Å². The molecule has 2 atom stereocenters. The lowest BCUT2D eigenvalue weighted by Gasteiger charge is -2.11. The number of sulfonamides is 1. The van der Waals surface area contributed by atoms with Crippen LogP contribution in [0.5, 0.6) is 5.75 Å². The number of nitrogens with zero attached hydrogens (tertiary/aromatic N) is 1. The van der Waals surface area contributed by atoms with Gasteiger partial charge in [0.25, 0.3) is 5.91 Å². The monoisotopic (exact) mass is 370 g/mol. The van der Waals surface area contributed by atoms with Gasteiger partial charge in [0, 0.05) is 11.5 Å². The summed E-state index contributed by atoms with van der Waals surface area (Å²) in [6.45, 7) is 3.90. The number of rotatable bonds is 4. The normalized spacial score (nSPS) is 18.5. The van der Waals surface area contributed by atoms with E-state index >= 15 is 0 Å². The van der Waals surface area contributed by atoms with Gasteiger partial charge in [-0.25, -0.2) is 13.1 Å². The van der Waals surface area contributed by atoms with Crippen LogP contribution in [0.25, 0.3) is 0 Å². The number of fused-ring (bicyclic) bond motifs is 1. The first-order valence-electron chi connectivity index (χ1n) is 8.15. The largest absolute Gasteiger partial charge is 0.489 e. The van der Waals surface area contributed by atoms with Gasteiger partial charge < -0.3 is 4.74 Å². The van der Waals surface area contributed by atoms with Gasteiger partial charge in [-0.15, -0.1) is 0 Å². The molecule has 0 aliphatic carbocycles. The van der Waals surface area contributed by atoms with Crippen molar-refractivity contribution in [3.8, 4) is 11.8 Å². The predicted molar refractivity (Wildman–Crippen MR) is 96.2 cm³/mol. The third-order valence-corrected chi connectivity index (χ3v) is 5.71. The van der Waals surface area contributed by atoms with Crippen molar-refractivity contribution in [2.24, 2.45) is 0 Å². The van der Waals surface area contributed by atoms with Crippen molar-refractivity contribution in [2.45, 2.75) is 31.6 Å². The van der Waals surface area contributed by atoms with Gasteiger partial charge in [0.2, 0.25) is 10.0 Å². The molecule has 26 heavy (non-hydrogen) atoms. The SMILES string of the molecule is C[C@@H]1Oc2c(C(=O)NS(=O)(=O)Cc3ccccc3C#N)cccc2[C@@H]1C. The molecule has 1 amide bonds. The number of carbonyl (C=O) groups is 1. The molecule has 2 aromatic carbocycles. The van der Waals surface area contributed by atoms with Crippen LogP contribution < -0.4 is 9.46 Å². The molecule has 0 aromatic heterocycles. The molecule has 6 nitrogen and oxygen atoms in total. The lowest BCUT2D eigenvalue weighted by molar-refractivity contribution is 0.0976. The lowest BCUT2D eigenvalue weighted by atomic mass is 9.97. The second-order valence-corrected chi connectivity index (χ2v) is 8.02. The van der Waals surface area contributed by atoms with E-state index in [0.717, 1.165) is 5.56 Å². The Bertz CT molecular complexity index is 1010. The van der Waals surface area contributed by atoms with Gasteiger partial charge >= 0.3 is 0 Å². The van der Waals surface area contributed by atoms with Crippen LogP contribution in [-0.2, 0) is 15.8 Å². The van der Waals surface area contributed by atoms with E-state index in [-0.39, 0.29) is 23.1 Å². The smallest absolute Gasteiger partial charge is 0.268 e. The molecular formula is C19H18N2O4S. The molecule has 134 valence electrons. The number of ether oxygens (including phenoxy) is 1. The van der Waals surface area contributed by atoms with Gasteiger partial charge in [-0.05, 0) is 24.6 Å². The molecule has 3 rings (SSSR count). The minimum atomic E-state index is -3.97. The zero-order chi connectivity index (χ0) is 18.9. The molecule has 0 saturated heterocycles. The average Bonchev–Trinajstić information content (AvgIpc) is 2.89. The van der Waals surface area contributed by atoms with Crippen molar-refractivity contribution in [3.05, 3.63) is 64.7 Å². The highest BCUT2D eigenvalue weighted by Crippen LogP contribution is 2.40. The van der Waals surface area contributed by atoms with Gasteiger partial charge in [-0.3, -0.25) is 4.79 Å². The van der Waals surface area contributed by atoms with Crippen LogP contribution in [0.1, 0.15) is 46.8 Å². The van der Waals surface area contributed by atoms with Crippen LogP contribution in [-0.4, -0.2) is 20.4 Å². The molecule has 0 saturated carbocycles. The number of nitriles is 1. The van der Waals surface area contributed by atoms with Gasteiger partial charge in [0.15, 0.2) is 0 Å². The van der Waals surface area contributed by atoms with Gasteiger partial charge in [0.05, 0.1) is 22.9 Å². The fourth-order valence-corrected chi connectivity index (χ4v) is 4.08. The maximum Gasteiger partial charge on any atom is 0.268 e. The van der Waals surface area contributed by atoms with Crippen molar-refractivity contribution < 1.29 is 17.9 Å². The number of hydrogen-bond donors (Lipinski definition) is 1. The molecule has 0 unspecified atom stereocenters. The topological polar surface area (TPSA) is 96.3 Å². The molecule has 1 heterocycles. The number of nitrogens with one attached hydrogen (secondary N) is 1. The lowest BCUT2D eigenvalue weighted by Crippen LogP contribution is -2.32. The van der Waals surface area contributed by atoms with Crippen molar-refractivity contribution in [3.63, 3.8) is 0 Å². The van der Waals surface area contributed by atoms with Crippen LogP contribution in [0.4, 0.5) is 0 Å². The molecule has 0 bridgehead atoms. The highest BCUT2D eigenvalue weighted by Gasteiger charge is 2.32. The van der Waals surface area contributed by atoms with Crippen LogP contribution >= 0.6 is 0 Å². The quantitative estimate of drug-likeness (QED) is 0.893. The first kappa shape index (κ1) is 18.0. The number of benzene rings is 2. The van der Waals surface area contributed by atoms with Gasteiger partial charge in [-0.2, -0.15) is 5.26 Å². The van der Waals surface area contributed by atoms with Crippen LogP contribution in [0, 0.1) is 11.3 Å². The maximum atomic E-state index is 12.5. The summed E-state index contributed by atoms with van der Waals surface area (Å²) in [7, 11) is -3.97. The zero-order valence-corrected chi connectivity index (χ0v) is 15.2. The summed E-state index contributed by atoms with van der Waals surface area (Å²) < 4.78 is 32.6. The van der Waals surface area contributed by atoms with Crippen molar-refractivity contribution >= 4 is 15.9 Å². The second-order valence-electron chi connectivity index (χ2n) is 6.29. The van der Waals surface area contributed by atoms with E-state index in [1.54, 1.807) is 24.3 Å². The standard InChI is InChI=1S/C19H18N2O4S/c1-12-13(2)25-18-16(12)8-5-9-17(18)19(22)21-26(23,24)11-15-7-4-3-6-14(15)10-20/h3-9,12-13H,11H2,1-2H3,(H,21,22)/t12-,13+/m1/s1. The van der Waals surface area contributed by atoms with Crippen molar-refractivity contribution in [1.82, 2.24) is 4.72 Å². The number of hydrogen-bond acceptors (Lipinski definition) is 5. The Morgan fingerprint density at radius 1 is 1.19 bits per heavy atom. The molecule has 2 aromatic rings. The van der Waals surface area contributed by atoms with E-state index < -0.39 is 21.7 Å². The Labute approximate surface area is 152 Å². The maximum absolute atomic E-state index is 12.5. The summed E-state index contributed by atoms with van der Waals surface area (Å²) in [6, 6.07) is 13.5. The third-order valence-electron chi connectivity index (χ3n) is 4.52. The Morgan fingerprint density at radius 3 is 2.65 bits per heavy atom. The average molecular weight is 370 g/mol. The summed E-state index contributed by atoms with van der Waals surface area (Å²) in [4.78, 5) is 12.5. The fraction of sp³-hybridized carbons (Fsp3) is 0.263. The van der Waals surface area contributed by atoms with E-state index in [9.17, 15) is 13.2 Å². The van der Waals surface area contributed by atoms with Gasteiger partial charge in [-0.1, -0.05) is 37.3 Å². The predicted octanol–water partition coefficient (Wildman–Crippen LogP) is 2.70. The first-order valence-corrected chi connectivity index (χ1v) is 9.80. The summed E-state index contributed by atoms with van der Waals surface area (Å²) in [6.07, 6.45) is -0.0851. The van der Waals surface area contributed by atoms with Crippen LogP contribution in [0.3, 0.4) is 0 Å². The Balaban J connectivity index is 1.84. The molecule has 0 spiro atoms. The van der Waals surface area contributed by atoms with Crippen LogP contribution in [0.2, 0.25) is 0 Å². The molecular weight excluding hydrogens is 352 g/mol. The zero-order valence-electron chi connectivity index (χ0n) is 14.4. The second kappa shape index (κ2) is 6.81. The number of para-hydroxylation sites is 1. The Hall–Kier alpha value is -2.85. The minimum Gasteiger partial charge on any atom is -0.489 e. The molecule has 0 fully saturated rings. The van der Waals surface area contributed by atoms with E-state index in [1.165, 1.54) is 12.1 Å². The summed E-state index contributed by atoms with van der Waals surface area (Å²) in [5, 5.41) is 9.08. The van der Waals surface area contributed by atoms with Crippen LogP contribution in [0.15, 0.2) is 42.5 Å². The Kier molecular flexibility index (Phi) is 4.70. The summed E-state index contributed by atoms with van der Waals surface area (Å²) >= 11 is 0. The highest BCUT2D eigenvalue weighted by atomic mass is 32.2. The van der Waals surface area contributed by atoms with E-state index in [4.69, 9.17) is 10.00 Å². The fourth-order valence-electron chi connectivity index (χ4n) is 2.96. The number of amides is 1. The summed E-state index contributed by atoms with van der Waals surface area (Å²) in [5.74, 6) is -0.641. The van der Waals surface area contributed by atoms with E-state index in [2.05, 4.69) is 4.72 Å². The molecule has 1 aliphatic heterocycles. The molecule has 7 heteroatoms. The highest BCUT2D eigenvalue weighted by molar-refractivity contribution is 7.89.